The number of pyridine rings is 1. The molecule has 2 aromatic heterocycles. The zero-order valence-electron chi connectivity index (χ0n) is 11.5. The summed E-state index contributed by atoms with van der Waals surface area (Å²) >= 11 is 1.49. The highest BCUT2D eigenvalue weighted by Crippen LogP contribution is 2.21. The van der Waals surface area contributed by atoms with Crippen LogP contribution >= 0.6 is 11.3 Å². The van der Waals surface area contributed by atoms with Gasteiger partial charge in [-0.25, -0.2) is 9.78 Å². The summed E-state index contributed by atoms with van der Waals surface area (Å²) in [5.74, 6) is -0.292. The molecular weight excluding hydrogens is 272 g/mol. The van der Waals surface area contributed by atoms with Crippen molar-refractivity contribution in [2.45, 2.75) is 26.9 Å². The SMILES string of the molecule is CCC=C(C)C(=O)OCc1csc(-c2ccccn2)n1. The molecule has 0 N–H and O–H groups in total. The summed E-state index contributed by atoms with van der Waals surface area (Å²) in [6, 6.07) is 5.69. The van der Waals surface area contributed by atoms with Gasteiger partial charge >= 0.3 is 5.97 Å². The molecule has 0 spiro atoms. The number of carbonyl (C=O) groups excluding carboxylic acids is 1. The predicted octanol–water partition coefficient (Wildman–Crippen LogP) is 3.60. The third kappa shape index (κ3) is 3.74. The fourth-order valence-electron chi connectivity index (χ4n) is 1.62. The standard InChI is InChI=1S/C15H16N2O2S/c1-3-6-11(2)15(18)19-9-12-10-20-14(17-12)13-7-4-5-8-16-13/h4-8,10H,3,9H2,1-2H3. The second-order valence-corrected chi connectivity index (χ2v) is 5.09. The van der Waals surface area contributed by atoms with Crippen LogP contribution in [-0.4, -0.2) is 15.9 Å². The largest absolute Gasteiger partial charge is 0.456 e. The maximum Gasteiger partial charge on any atom is 0.333 e. The number of hydrogen-bond donors (Lipinski definition) is 0. The minimum absolute atomic E-state index is 0.192. The first-order chi connectivity index (χ1) is 9.70. The van der Waals surface area contributed by atoms with Gasteiger partial charge < -0.3 is 4.74 Å². The second-order valence-electron chi connectivity index (χ2n) is 4.23. The quantitative estimate of drug-likeness (QED) is 0.623. The summed E-state index contributed by atoms with van der Waals surface area (Å²) in [4.78, 5) is 20.3. The Labute approximate surface area is 122 Å². The molecule has 2 rings (SSSR count). The molecule has 0 aromatic carbocycles. The normalized spacial score (nSPS) is 11.4. The molecule has 0 saturated carbocycles. The van der Waals surface area contributed by atoms with Crippen molar-refractivity contribution < 1.29 is 9.53 Å². The highest BCUT2D eigenvalue weighted by Gasteiger charge is 2.09. The monoisotopic (exact) mass is 288 g/mol. The van der Waals surface area contributed by atoms with E-state index in [1.54, 1.807) is 13.1 Å². The van der Waals surface area contributed by atoms with Crippen molar-refractivity contribution in [3.05, 3.63) is 47.1 Å². The first-order valence-corrected chi connectivity index (χ1v) is 7.28. The number of allylic oxidation sites excluding steroid dienone is 1. The third-order valence-corrected chi connectivity index (χ3v) is 3.53. The zero-order valence-corrected chi connectivity index (χ0v) is 12.3. The van der Waals surface area contributed by atoms with Crippen molar-refractivity contribution in [2.24, 2.45) is 0 Å². The van der Waals surface area contributed by atoms with Gasteiger partial charge in [-0.15, -0.1) is 11.3 Å². The smallest absolute Gasteiger partial charge is 0.333 e. The summed E-state index contributed by atoms with van der Waals surface area (Å²) in [5, 5.41) is 2.72. The highest BCUT2D eigenvalue weighted by atomic mass is 32.1. The fraction of sp³-hybridized carbons (Fsp3) is 0.267. The van der Waals surface area contributed by atoms with Crippen LogP contribution in [0.25, 0.3) is 10.7 Å². The van der Waals surface area contributed by atoms with Crippen molar-refractivity contribution in [3.63, 3.8) is 0 Å². The molecular formula is C15H16N2O2S. The van der Waals surface area contributed by atoms with Crippen LogP contribution in [0.4, 0.5) is 0 Å². The Morgan fingerprint density at radius 1 is 1.45 bits per heavy atom. The van der Waals surface area contributed by atoms with Gasteiger partial charge in [-0.2, -0.15) is 0 Å². The van der Waals surface area contributed by atoms with E-state index in [9.17, 15) is 4.79 Å². The maximum absolute atomic E-state index is 11.7. The maximum atomic E-state index is 11.7. The lowest BCUT2D eigenvalue weighted by atomic mass is 10.2. The molecule has 0 saturated heterocycles. The van der Waals surface area contributed by atoms with Crippen molar-refractivity contribution >= 4 is 17.3 Å². The minimum Gasteiger partial charge on any atom is -0.456 e. The molecule has 0 radical (unpaired) electrons. The number of ether oxygens (including phenoxy) is 1. The van der Waals surface area contributed by atoms with Crippen LogP contribution < -0.4 is 0 Å². The lowest BCUT2D eigenvalue weighted by Gasteiger charge is -2.02. The van der Waals surface area contributed by atoms with Crippen molar-refractivity contribution in [1.29, 1.82) is 0 Å². The Morgan fingerprint density at radius 2 is 2.30 bits per heavy atom. The first kappa shape index (κ1) is 14.4. The molecule has 2 heterocycles. The molecule has 0 atom stereocenters. The summed E-state index contributed by atoms with van der Waals surface area (Å²) in [6.07, 6.45) is 4.40. The van der Waals surface area contributed by atoms with Gasteiger partial charge in [-0.3, -0.25) is 4.98 Å². The molecule has 0 unspecified atom stereocenters. The Hall–Kier alpha value is -2.01. The van der Waals surface area contributed by atoms with Crippen LogP contribution in [0.2, 0.25) is 0 Å². The van der Waals surface area contributed by atoms with Gasteiger partial charge in [0.15, 0.2) is 0 Å². The fourth-order valence-corrected chi connectivity index (χ4v) is 2.40. The number of rotatable bonds is 5. The van der Waals surface area contributed by atoms with Gasteiger partial charge in [0.05, 0.1) is 11.4 Å². The molecule has 104 valence electrons. The summed E-state index contributed by atoms with van der Waals surface area (Å²) in [5.41, 5.74) is 2.21. The van der Waals surface area contributed by atoms with Crippen molar-refractivity contribution in [3.8, 4) is 10.7 Å². The van der Waals surface area contributed by atoms with Crippen LogP contribution in [0.15, 0.2) is 41.4 Å². The van der Waals surface area contributed by atoms with Gasteiger partial charge in [0, 0.05) is 17.2 Å². The number of aromatic nitrogens is 2. The lowest BCUT2D eigenvalue weighted by molar-refractivity contribution is -0.140. The molecule has 5 heteroatoms. The molecule has 0 aliphatic carbocycles. The topological polar surface area (TPSA) is 52.1 Å². The molecule has 0 bridgehead atoms. The van der Waals surface area contributed by atoms with E-state index in [0.717, 1.165) is 22.8 Å². The minimum atomic E-state index is -0.292. The Morgan fingerprint density at radius 3 is 3.00 bits per heavy atom. The molecule has 0 aliphatic heterocycles. The van der Waals surface area contributed by atoms with E-state index < -0.39 is 0 Å². The first-order valence-electron chi connectivity index (χ1n) is 6.40. The summed E-state index contributed by atoms with van der Waals surface area (Å²) in [7, 11) is 0. The van der Waals surface area contributed by atoms with Crippen LogP contribution in [0, 0.1) is 0 Å². The Kier molecular flexibility index (Phi) is 5.01. The lowest BCUT2D eigenvalue weighted by Crippen LogP contribution is -2.06. The number of nitrogens with zero attached hydrogens (tertiary/aromatic N) is 2. The van der Waals surface area contributed by atoms with E-state index in [-0.39, 0.29) is 12.6 Å². The average Bonchev–Trinajstić information content (AvgIpc) is 2.95. The summed E-state index contributed by atoms with van der Waals surface area (Å²) in [6.45, 7) is 3.93. The van der Waals surface area contributed by atoms with Crippen molar-refractivity contribution in [1.82, 2.24) is 9.97 Å². The van der Waals surface area contributed by atoms with E-state index in [2.05, 4.69) is 9.97 Å². The third-order valence-electron chi connectivity index (χ3n) is 2.62. The predicted molar refractivity (Wildman–Crippen MR) is 79.2 cm³/mol. The van der Waals surface area contributed by atoms with Gasteiger partial charge in [-0.05, 0) is 25.5 Å². The van der Waals surface area contributed by atoms with Crippen LogP contribution in [0.5, 0.6) is 0 Å². The number of thiazole rings is 1. The number of carbonyl (C=O) groups is 1. The zero-order chi connectivity index (χ0) is 14.4. The van der Waals surface area contributed by atoms with Crippen LogP contribution in [0.3, 0.4) is 0 Å². The Balaban J connectivity index is 1.97. The van der Waals surface area contributed by atoms with Gasteiger partial charge in [0.25, 0.3) is 0 Å². The van der Waals surface area contributed by atoms with E-state index >= 15 is 0 Å². The molecule has 4 nitrogen and oxygen atoms in total. The van der Waals surface area contributed by atoms with Gasteiger partial charge in [0.1, 0.15) is 11.6 Å². The highest BCUT2D eigenvalue weighted by molar-refractivity contribution is 7.13. The second kappa shape index (κ2) is 6.96. The molecule has 0 fully saturated rings. The number of esters is 1. The number of hydrogen-bond acceptors (Lipinski definition) is 5. The van der Waals surface area contributed by atoms with E-state index in [1.807, 2.05) is 36.6 Å². The summed E-state index contributed by atoms with van der Waals surface area (Å²) < 4.78 is 5.21. The van der Waals surface area contributed by atoms with Crippen LogP contribution in [0.1, 0.15) is 26.0 Å². The van der Waals surface area contributed by atoms with Gasteiger partial charge in [0.2, 0.25) is 0 Å². The molecule has 2 aromatic rings. The molecule has 20 heavy (non-hydrogen) atoms. The molecule has 0 amide bonds. The van der Waals surface area contributed by atoms with Crippen molar-refractivity contribution in [2.75, 3.05) is 0 Å². The van der Waals surface area contributed by atoms with Crippen LogP contribution in [-0.2, 0) is 16.1 Å². The van der Waals surface area contributed by atoms with E-state index in [4.69, 9.17) is 4.74 Å². The average molecular weight is 288 g/mol. The van der Waals surface area contributed by atoms with E-state index in [0.29, 0.717) is 5.57 Å². The van der Waals surface area contributed by atoms with E-state index in [1.165, 1.54) is 11.3 Å². The Bertz CT molecular complexity index is 605. The van der Waals surface area contributed by atoms with Gasteiger partial charge in [-0.1, -0.05) is 19.1 Å². The molecule has 0 aliphatic rings.